The maximum absolute atomic E-state index is 11.1. The molecule has 0 saturated heterocycles. The molecule has 0 bridgehead atoms. The molecule has 0 aromatic carbocycles. The van der Waals surface area contributed by atoms with Crippen LogP contribution in [0.4, 0.5) is 0 Å². The van der Waals surface area contributed by atoms with Gasteiger partial charge in [-0.05, 0) is 26.8 Å². The van der Waals surface area contributed by atoms with E-state index in [1.165, 1.54) is 6.08 Å². The van der Waals surface area contributed by atoms with Crippen molar-refractivity contribution in [2.75, 3.05) is 6.61 Å². The van der Waals surface area contributed by atoms with Crippen molar-refractivity contribution in [3.05, 3.63) is 23.0 Å². The smallest absolute Gasteiger partial charge is 0.330 e. The number of aromatic hydroxyl groups is 2. The summed E-state index contributed by atoms with van der Waals surface area (Å²) in [5.41, 5.74) is 0.954. The molecule has 0 radical (unpaired) electrons. The van der Waals surface area contributed by atoms with Crippen LogP contribution in [-0.2, 0) is 9.53 Å². The molecule has 0 atom stereocenters. The number of ether oxygens (including phenoxy) is 1. The van der Waals surface area contributed by atoms with Gasteiger partial charge in [0.1, 0.15) is 11.5 Å². The van der Waals surface area contributed by atoms with Crippen LogP contribution in [0, 0.1) is 13.8 Å². The second-order valence-electron chi connectivity index (χ2n) is 3.48. The maximum atomic E-state index is 11.1. The molecule has 17 heavy (non-hydrogen) atoms. The van der Waals surface area contributed by atoms with Gasteiger partial charge >= 0.3 is 5.97 Å². The molecule has 5 nitrogen and oxygen atoms in total. The third-order valence-corrected chi connectivity index (χ3v) is 2.20. The van der Waals surface area contributed by atoms with Crippen LogP contribution in [0.15, 0.2) is 6.08 Å². The minimum Gasteiger partial charge on any atom is -0.505 e. The Morgan fingerprint density at radius 2 is 1.82 bits per heavy atom. The SMILES string of the molecule is CCOC(=O)C=Cc1c(O)c(C)nc(C)c1O. The second kappa shape index (κ2) is 5.34. The fourth-order valence-electron chi connectivity index (χ4n) is 1.36. The molecular weight excluding hydrogens is 222 g/mol. The fourth-order valence-corrected chi connectivity index (χ4v) is 1.36. The summed E-state index contributed by atoms with van der Waals surface area (Å²) in [5, 5.41) is 19.4. The van der Waals surface area contributed by atoms with Gasteiger partial charge in [-0.25, -0.2) is 4.79 Å². The van der Waals surface area contributed by atoms with Crippen LogP contribution < -0.4 is 0 Å². The number of aromatic nitrogens is 1. The Morgan fingerprint density at radius 1 is 1.29 bits per heavy atom. The summed E-state index contributed by atoms with van der Waals surface area (Å²) in [6, 6.07) is 0. The van der Waals surface area contributed by atoms with Gasteiger partial charge in [0, 0.05) is 6.08 Å². The highest BCUT2D eigenvalue weighted by Gasteiger charge is 2.12. The molecule has 0 aliphatic heterocycles. The van der Waals surface area contributed by atoms with Crippen LogP contribution in [0.2, 0.25) is 0 Å². The van der Waals surface area contributed by atoms with E-state index in [1.807, 2.05) is 0 Å². The van der Waals surface area contributed by atoms with Gasteiger partial charge < -0.3 is 14.9 Å². The van der Waals surface area contributed by atoms with Crippen molar-refractivity contribution < 1.29 is 19.7 Å². The van der Waals surface area contributed by atoms with Gasteiger partial charge in [-0.1, -0.05) is 0 Å². The average molecular weight is 237 g/mol. The lowest BCUT2D eigenvalue weighted by Gasteiger charge is -2.07. The number of hydrogen-bond acceptors (Lipinski definition) is 5. The molecule has 1 heterocycles. The largest absolute Gasteiger partial charge is 0.505 e. The zero-order valence-electron chi connectivity index (χ0n) is 10.0. The van der Waals surface area contributed by atoms with E-state index in [4.69, 9.17) is 4.74 Å². The van der Waals surface area contributed by atoms with Crippen LogP contribution in [0.5, 0.6) is 11.5 Å². The zero-order valence-corrected chi connectivity index (χ0v) is 10.0. The van der Waals surface area contributed by atoms with Crippen molar-refractivity contribution in [1.82, 2.24) is 4.98 Å². The van der Waals surface area contributed by atoms with Gasteiger partial charge in [0.05, 0.1) is 23.6 Å². The monoisotopic (exact) mass is 237 g/mol. The quantitative estimate of drug-likeness (QED) is 0.617. The summed E-state index contributed by atoms with van der Waals surface area (Å²) in [5.74, 6) is -0.819. The molecule has 92 valence electrons. The molecule has 5 heteroatoms. The number of esters is 1. The Kier molecular flexibility index (Phi) is 4.09. The lowest BCUT2D eigenvalue weighted by Crippen LogP contribution is -1.99. The van der Waals surface area contributed by atoms with Gasteiger partial charge in [-0.15, -0.1) is 0 Å². The van der Waals surface area contributed by atoms with E-state index >= 15 is 0 Å². The summed E-state index contributed by atoms with van der Waals surface area (Å²) in [6.07, 6.45) is 2.46. The highest BCUT2D eigenvalue weighted by atomic mass is 16.5. The maximum Gasteiger partial charge on any atom is 0.330 e. The lowest BCUT2D eigenvalue weighted by atomic mass is 10.1. The Balaban J connectivity index is 3.10. The topological polar surface area (TPSA) is 79.7 Å². The van der Waals surface area contributed by atoms with Gasteiger partial charge in [0.25, 0.3) is 0 Å². The molecular formula is C12H15NO4. The predicted molar refractivity (Wildman–Crippen MR) is 62.7 cm³/mol. The number of rotatable bonds is 3. The van der Waals surface area contributed by atoms with Crippen molar-refractivity contribution in [3.8, 4) is 11.5 Å². The van der Waals surface area contributed by atoms with Crippen LogP contribution in [-0.4, -0.2) is 27.8 Å². The van der Waals surface area contributed by atoms with Gasteiger partial charge in [0.15, 0.2) is 0 Å². The van der Waals surface area contributed by atoms with E-state index in [1.54, 1.807) is 20.8 Å². The molecule has 0 aliphatic rings. The van der Waals surface area contributed by atoms with Crippen LogP contribution in [0.3, 0.4) is 0 Å². The number of pyridine rings is 1. The molecule has 1 rings (SSSR count). The van der Waals surface area contributed by atoms with Gasteiger partial charge in [-0.2, -0.15) is 0 Å². The molecule has 2 N–H and O–H groups in total. The van der Waals surface area contributed by atoms with Gasteiger partial charge in [0.2, 0.25) is 0 Å². The Labute approximate surface area is 99.4 Å². The zero-order chi connectivity index (χ0) is 13.0. The minimum atomic E-state index is -0.529. The lowest BCUT2D eigenvalue weighted by molar-refractivity contribution is -0.137. The second-order valence-corrected chi connectivity index (χ2v) is 3.48. The summed E-state index contributed by atoms with van der Waals surface area (Å²) in [4.78, 5) is 15.1. The van der Waals surface area contributed by atoms with Crippen molar-refractivity contribution in [3.63, 3.8) is 0 Å². The molecule has 0 saturated carbocycles. The first kappa shape index (κ1) is 13.0. The highest BCUT2D eigenvalue weighted by molar-refractivity contribution is 5.88. The number of aryl methyl sites for hydroxylation is 2. The van der Waals surface area contributed by atoms with Crippen LogP contribution in [0.1, 0.15) is 23.9 Å². The Morgan fingerprint density at radius 3 is 2.29 bits per heavy atom. The van der Waals surface area contributed by atoms with E-state index < -0.39 is 5.97 Å². The first-order valence-corrected chi connectivity index (χ1v) is 5.21. The minimum absolute atomic E-state index is 0.145. The molecule has 0 fully saturated rings. The first-order valence-electron chi connectivity index (χ1n) is 5.21. The van der Waals surface area contributed by atoms with Crippen LogP contribution >= 0.6 is 0 Å². The van der Waals surface area contributed by atoms with Crippen molar-refractivity contribution in [2.24, 2.45) is 0 Å². The summed E-state index contributed by atoms with van der Waals surface area (Å²) in [6.45, 7) is 5.20. The highest BCUT2D eigenvalue weighted by Crippen LogP contribution is 2.32. The van der Waals surface area contributed by atoms with E-state index in [0.29, 0.717) is 11.4 Å². The first-order chi connectivity index (χ1) is 7.97. The molecule has 0 amide bonds. The Bertz CT molecular complexity index is 440. The number of carbonyl (C=O) groups excluding carboxylic acids is 1. The molecule has 1 aromatic heterocycles. The van der Waals surface area contributed by atoms with Crippen molar-refractivity contribution >= 4 is 12.0 Å². The summed E-state index contributed by atoms with van der Waals surface area (Å²) < 4.78 is 4.70. The van der Waals surface area contributed by atoms with Gasteiger partial charge in [-0.3, -0.25) is 4.98 Å². The predicted octanol–water partition coefficient (Wildman–Crippen LogP) is 1.69. The van der Waals surface area contributed by atoms with E-state index in [0.717, 1.165) is 6.08 Å². The summed E-state index contributed by atoms with van der Waals surface area (Å²) >= 11 is 0. The average Bonchev–Trinajstić information content (AvgIpc) is 2.27. The number of nitrogens with zero attached hydrogens (tertiary/aromatic N) is 1. The standard InChI is InChI=1S/C12H15NO4/c1-4-17-10(14)6-5-9-11(15)7(2)13-8(3)12(9)16/h5-6,15-16H,4H2,1-3H3. The Hall–Kier alpha value is -2.04. The van der Waals surface area contributed by atoms with E-state index in [9.17, 15) is 15.0 Å². The van der Waals surface area contributed by atoms with Crippen LogP contribution in [0.25, 0.3) is 6.08 Å². The molecule has 0 spiro atoms. The number of hydrogen-bond donors (Lipinski definition) is 2. The fraction of sp³-hybridized carbons (Fsp3) is 0.333. The number of carbonyl (C=O) groups is 1. The third-order valence-electron chi connectivity index (χ3n) is 2.20. The molecule has 0 aliphatic carbocycles. The van der Waals surface area contributed by atoms with Crippen molar-refractivity contribution in [1.29, 1.82) is 0 Å². The van der Waals surface area contributed by atoms with E-state index in [-0.39, 0.29) is 23.7 Å². The normalized spacial score (nSPS) is 10.8. The van der Waals surface area contributed by atoms with E-state index in [2.05, 4.69) is 4.98 Å². The summed E-state index contributed by atoms with van der Waals surface area (Å²) in [7, 11) is 0. The molecule has 0 unspecified atom stereocenters. The third kappa shape index (κ3) is 2.96. The van der Waals surface area contributed by atoms with Crippen molar-refractivity contribution in [2.45, 2.75) is 20.8 Å². The molecule has 1 aromatic rings.